The summed E-state index contributed by atoms with van der Waals surface area (Å²) in [6.07, 6.45) is 1.57. The van der Waals surface area contributed by atoms with E-state index in [9.17, 15) is 10.1 Å². The van der Waals surface area contributed by atoms with Crippen molar-refractivity contribution in [2.75, 3.05) is 5.32 Å². The number of carbonyl (C=O) groups is 1. The molecular weight excluding hydrogens is 511 g/mol. The Labute approximate surface area is 194 Å². The van der Waals surface area contributed by atoms with E-state index in [4.69, 9.17) is 16.3 Å². The maximum absolute atomic E-state index is 12.5. The van der Waals surface area contributed by atoms with Gasteiger partial charge in [0.1, 0.15) is 24.0 Å². The molecule has 30 heavy (non-hydrogen) atoms. The number of hydrogen-bond acceptors (Lipinski definition) is 3. The average molecular weight is 529 g/mol. The third kappa shape index (κ3) is 6.09. The monoisotopic (exact) mass is 528 g/mol. The normalized spacial score (nSPS) is 10.9. The number of nitriles is 1. The van der Waals surface area contributed by atoms with Gasteiger partial charge in [0, 0.05) is 10.7 Å². The fourth-order valence-corrected chi connectivity index (χ4v) is 3.52. The Bertz CT molecular complexity index is 1130. The smallest absolute Gasteiger partial charge is 0.266 e. The molecular formula is C24H18ClIN2O2. The first-order valence-electron chi connectivity index (χ1n) is 9.11. The van der Waals surface area contributed by atoms with Crippen LogP contribution in [0, 0.1) is 21.8 Å². The van der Waals surface area contributed by atoms with Gasteiger partial charge >= 0.3 is 0 Å². The number of hydrogen-bond donors (Lipinski definition) is 1. The molecule has 0 fully saturated rings. The number of aryl methyl sites for hydroxylation is 1. The highest BCUT2D eigenvalue weighted by molar-refractivity contribution is 14.1. The standard InChI is InChI=1S/C24H18ClIN2O2/c1-16-3-2-4-21(11-16)28-24(29)19(14-27)12-18-7-10-23(22(26)13-18)30-15-17-5-8-20(25)9-6-17/h2-13H,15H2,1H3,(H,28,29). The zero-order valence-corrected chi connectivity index (χ0v) is 19.1. The first-order chi connectivity index (χ1) is 14.4. The quantitative estimate of drug-likeness (QED) is 0.229. The van der Waals surface area contributed by atoms with E-state index in [0.717, 1.165) is 26.0 Å². The van der Waals surface area contributed by atoms with Crippen molar-refractivity contribution in [1.29, 1.82) is 5.26 Å². The topological polar surface area (TPSA) is 62.1 Å². The molecule has 3 aromatic rings. The van der Waals surface area contributed by atoms with Crippen molar-refractivity contribution in [2.24, 2.45) is 0 Å². The summed E-state index contributed by atoms with van der Waals surface area (Å²) in [5, 5.41) is 12.9. The molecule has 0 saturated carbocycles. The average Bonchev–Trinajstić information content (AvgIpc) is 2.72. The van der Waals surface area contributed by atoms with Crippen LogP contribution in [-0.4, -0.2) is 5.91 Å². The molecule has 4 nitrogen and oxygen atoms in total. The number of benzene rings is 3. The molecule has 0 aromatic heterocycles. The highest BCUT2D eigenvalue weighted by Crippen LogP contribution is 2.25. The van der Waals surface area contributed by atoms with Gasteiger partial charge in [-0.25, -0.2) is 0 Å². The van der Waals surface area contributed by atoms with Crippen LogP contribution in [0.2, 0.25) is 5.02 Å². The second kappa shape index (κ2) is 10.3. The summed E-state index contributed by atoms with van der Waals surface area (Å²) >= 11 is 8.07. The molecule has 0 aliphatic heterocycles. The minimum atomic E-state index is -0.443. The molecule has 0 heterocycles. The van der Waals surface area contributed by atoms with Crippen LogP contribution in [-0.2, 0) is 11.4 Å². The Morgan fingerprint density at radius 1 is 1.17 bits per heavy atom. The maximum atomic E-state index is 12.5. The lowest BCUT2D eigenvalue weighted by molar-refractivity contribution is -0.112. The third-order valence-electron chi connectivity index (χ3n) is 4.22. The number of carbonyl (C=O) groups excluding carboxylic acids is 1. The SMILES string of the molecule is Cc1cccc(NC(=O)C(C#N)=Cc2ccc(OCc3ccc(Cl)cc3)c(I)c2)c1. The van der Waals surface area contributed by atoms with E-state index in [1.165, 1.54) is 0 Å². The maximum Gasteiger partial charge on any atom is 0.266 e. The molecule has 1 N–H and O–H groups in total. The predicted molar refractivity (Wildman–Crippen MR) is 128 cm³/mol. The fourth-order valence-electron chi connectivity index (χ4n) is 2.70. The summed E-state index contributed by atoms with van der Waals surface area (Å²) in [4.78, 5) is 12.5. The predicted octanol–water partition coefficient (Wildman–Crippen LogP) is 6.38. The lowest BCUT2D eigenvalue weighted by Gasteiger charge is -2.09. The molecule has 0 radical (unpaired) electrons. The largest absolute Gasteiger partial charge is 0.488 e. The molecule has 3 rings (SSSR count). The van der Waals surface area contributed by atoms with E-state index in [1.807, 2.05) is 73.7 Å². The van der Waals surface area contributed by atoms with Crippen LogP contribution in [0.5, 0.6) is 5.75 Å². The zero-order chi connectivity index (χ0) is 21.5. The minimum absolute atomic E-state index is 0.0298. The van der Waals surface area contributed by atoms with Gasteiger partial charge in [-0.2, -0.15) is 5.26 Å². The summed E-state index contributed by atoms with van der Waals surface area (Å²) in [6, 6.07) is 22.4. The Morgan fingerprint density at radius 2 is 1.93 bits per heavy atom. The summed E-state index contributed by atoms with van der Waals surface area (Å²) < 4.78 is 6.75. The van der Waals surface area contributed by atoms with Gasteiger partial charge in [-0.05, 0) is 88.7 Å². The van der Waals surface area contributed by atoms with E-state index >= 15 is 0 Å². The van der Waals surface area contributed by atoms with Gasteiger partial charge in [0.25, 0.3) is 5.91 Å². The molecule has 1 amide bonds. The van der Waals surface area contributed by atoms with Gasteiger partial charge < -0.3 is 10.1 Å². The van der Waals surface area contributed by atoms with Crippen LogP contribution in [0.4, 0.5) is 5.69 Å². The Balaban J connectivity index is 1.70. The molecule has 0 atom stereocenters. The van der Waals surface area contributed by atoms with Gasteiger partial charge in [0.2, 0.25) is 0 Å². The number of amides is 1. The van der Waals surface area contributed by atoms with Crippen LogP contribution in [0.25, 0.3) is 6.08 Å². The van der Waals surface area contributed by atoms with Crippen molar-refractivity contribution in [2.45, 2.75) is 13.5 Å². The third-order valence-corrected chi connectivity index (χ3v) is 5.31. The molecule has 0 spiro atoms. The number of anilines is 1. The lowest BCUT2D eigenvalue weighted by Crippen LogP contribution is -2.13. The number of ether oxygens (including phenoxy) is 1. The van der Waals surface area contributed by atoms with Crippen molar-refractivity contribution < 1.29 is 9.53 Å². The van der Waals surface area contributed by atoms with E-state index in [1.54, 1.807) is 12.1 Å². The number of rotatable bonds is 6. The first kappa shape index (κ1) is 21.9. The highest BCUT2D eigenvalue weighted by Gasteiger charge is 2.11. The van der Waals surface area contributed by atoms with Crippen LogP contribution < -0.4 is 10.1 Å². The minimum Gasteiger partial charge on any atom is -0.488 e. The number of halogens is 2. The van der Waals surface area contributed by atoms with Crippen molar-refractivity contribution in [3.63, 3.8) is 0 Å². The molecule has 0 aliphatic rings. The Hall–Kier alpha value is -2.82. The molecule has 0 bridgehead atoms. The Morgan fingerprint density at radius 3 is 2.60 bits per heavy atom. The van der Waals surface area contributed by atoms with Gasteiger partial charge in [0.05, 0.1) is 3.57 Å². The van der Waals surface area contributed by atoms with Gasteiger partial charge in [-0.3, -0.25) is 4.79 Å². The van der Waals surface area contributed by atoms with Crippen molar-refractivity contribution in [3.8, 4) is 11.8 Å². The van der Waals surface area contributed by atoms with E-state index in [-0.39, 0.29) is 5.57 Å². The molecule has 0 aliphatic carbocycles. The molecule has 0 unspecified atom stereocenters. The van der Waals surface area contributed by atoms with Gasteiger partial charge in [-0.1, -0.05) is 41.9 Å². The first-order valence-corrected chi connectivity index (χ1v) is 10.6. The van der Waals surface area contributed by atoms with Crippen LogP contribution in [0.3, 0.4) is 0 Å². The van der Waals surface area contributed by atoms with Crippen molar-refractivity contribution in [1.82, 2.24) is 0 Å². The van der Waals surface area contributed by atoms with Gasteiger partial charge in [-0.15, -0.1) is 0 Å². The highest BCUT2D eigenvalue weighted by atomic mass is 127. The van der Waals surface area contributed by atoms with Crippen molar-refractivity contribution in [3.05, 3.63) is 97.6 Å². The van der Waals surface area contributed by atoms with E-state index < -0.39 is 5.91 Å². The van der Waals surface area contributed by atoms with Gasteiger partial charge in [0.15, 0.2) is 0 Å². The number of nitrogens with one attached hydrogen (secondary N) is 1. The van der Waals surface area contributed by atoms with Crippen LogP contribution >= 0.6 is 34.2 Å². The van der Waals surface area contributed by atoms with Crippen LogP contribution in [0.1, 0.15) is 16.7 Å². The second-order valence-corrected chi connectivity index (χ2v) is 8.20. The molecule has 150 valence electrons. The number of nitrogens with zero attached hydrogens (tertiary/aromatic N) is 1. The zero-order valence-electron chi connectivity index (χ0n) is 16.2. The van der Waals surface area contributed by atoms with Crippen LogP contribution in [0.15, 0.2) is 72.3 Å². The second-order valence-electron chi connectivity index (χ2n) is 6.60. The summed E-state index contributed by atoms with van der Waals surface area (Å²) in [5.74, 6) is 0.284. The van der Waals surface area contributed by atoms with E-state index in [0.29, 0.717) is 17.3 Å². The summed E-state index contributed by atoms with van der Waals surface area (Å²) in [6.45, 7) is 2.36. The summed E-state index contributed by atoms with van der Waals surface area (Å²) in [7, 11) is 0. The Kier molecular flexibility index (Phi) is 7.50. The molecule has 3 aromatic carbocycles. The molecule has 0 saturated heterocycles. The summed E-state index contributed by atoms with van der Waals surface area (Å²) in [5.41, 5.74) is 3.47. The van der Waals surface area contributed by atoms with Crippen molar-refractivity contribution >= 4 is 51.9 Å². The van der Waals surface area contributed by atoms with E-state index in [2.05, 4.69) is 27.9 Å². The molecule has 6 heteroatoms. The fraction of sp³-hybridized carbons (Fsp3) is 0.0833. The lowest BCUT2D eigenvalue weighted by atomic mass is 10.1.